The third-order valence-corrected chi connectivity index (χ3v) is 3.17. The Hall–Kier alpha value is -1.88. The Bertz CT molecular complexity index is 489. The van der Waals surface area contributed by atoms with Crippen LogP contribution in [-0.4, -0.2) is 23.5 Å². The molecule has 0 bridgehead atoms. The summed E-state index contributed by atoms with van der Waals surface area (Å²) in [5, 5.41) is 11.9. The van der Waals surface area contributed by atoms with Gasteiger partial charge in [-0.1, -0.05) is 32.9 Å². The molecule has 1 aromatic rings. The first kappa shape index (κ1) is 17.2. The van der Waals surface area contributed by atoms with Crippen LogP contribution in [-0.2, 0) is 11.3 Å². The molecule has 1 rings (SSSR count). The molecule has 0 aliphatic heterocycles. The SMILES string of the molecule is CC(C)(C)CC(CNC(=O)c1ccc(CN)cc1)C(=O)O. The van der Waals surface area contributed by atoms with Crippen LogP contribution in [0.2, 0.25) is 0 Å². The van der Waals surface area contributed by atoms with Gasteiger partial charge in [-0.25, -0.2) is 0 Å². The predicted octanol–water partition coefficient (Wildman–Crippen LogP) is 2.01. The minimum absolute atomic E-state index is 0.101. The lowest BCUT2D eigenvalue weighted by Crippen LogP contribution is -2.35. The van der Waals surface area contributed by atoms with Crippen molar-refractivity contribution in [3.05, 3.63) is 35.4 Å². The van der Waals surface area contributed by atoms with Crippen molar-refractivity contribution in [3.63, 3.8) is 0 Å². The van der Waals surface area contributed by atoms with Gasteiger partial charge < -0.3 is 16.2 Å². The summed E-state index contributed by atoms with van der Waals surface area (Å²) in [6, 6.07) is 6.96. The Balaban J connectivity index is 2.62. The van der Waals surface area contributed by atoms with Gasteiger partial charge in [0.25, 0.3) is 5.91 Å². The summed E-state index contributed by atoms with van der Waals surface area (Å²) < 4.78 is 0. The highest BCUT2D eigenvalue weighted by molar-refractivity contribution is 5.94. The second kappa shape index (κ2) is 7.22. The van der Waals surface area contributed by atoms with E-state index in [1.807, 2.05) is 20.8 Å². The first-order valence-corrected chi connectivity index (χ1v) is 7.03. The molecule has 0 saturated carbocycles. The molecule has 1 unspecified atom stereocenters. The Kier molecular flexibility index (Phi) is 5.90. The number of carbonyl (C=O) groups excluding carboxylic acids is 1. The number of aliphatic carboxylic acids is 1. The van der Waals surface area contributed by atoms with Gasteiger partial charge in [0.15, 0.2) is 0 Å². The number of hydrogen-bond acceptors (Lipinski definition) is 3. The number of benzene rings is 1. The molecule has 5 nitrogen and oxygen atoms in total. The number of amides is 1. The largest absolute Gasteiger partial charge is 0.481 e. The smallest absolute Gasteiger partial charge is 0.308 e. The molecule has 0 aromatic heterocycles. The summed E-state index contributed by atoms with van der Waals surface area (Å²) in [4.78, 5) is 23.2. The Labute approximate surface area is 125 Å². The summed E-state index contributed by atoms with van der Waals surface area (Å²) in [7, 11) is 0. The van der Waals surface area contributed by atoms with Crippen molar-refractivity contribution in [2.45, 2.75) is 33.7 Å². The van der Waals surface area contributed by atoms with E-state index in [4.69, 9.17) is 5.73 Å². The lowest BCUT2D eigenvalue weighted by atomic mass is 9.84. The molecule has 116 valence electrons. The van der Waals surface area contributed by atoms with Crippen molar-refractivity contribution in [1.29, 1.82) is 0 Å². The third-order valence-electron chi connectivity index (χ3n) is 3.17. The van der Waals surface area contributed by atoms with E-state index in [9.17, 15) is 14.7 Å². The fourth-order valence-corrected chi connectivity index (χ4v) is 2.10. The molecule has 0 spiro atoms. The number of carboxylic acid groups (broad SMARTS) is 1. The first-order chi connectivity index (χ1) is 9.73. The zero-order valence-corrected chi connectivity index (χ0v) is 12.8. The van der Waals surface area contributed by atoms with Gasteiger partial charge in [-0.05, 0) is 29.5 Å². The van der Waals surface area contributed by atoms with Gasteiger partial charge in [-0.3, -0.25) is 9.59 Å². The lowest BCUT2D eigenvalue weighted by molar-refractivity contribution is -0.142. The molecule has 0 radical (unpaired) electrons. The van der Waals surface area contributed by atoms with Crippen LogP contribution >= 0.6 is 0 Å². The highest BCUT2D eigenvalue weighted by atomic mass is 16.4. The number of nitrogens with two attached hydrogens (primary N) is 1. The monoisotopic (exact) mass is 292 g/mol. The highest BCUT2D eigenvalue weighted by Gasteiger charge is 2.25. The van der Waals surface area contributed by atoms with Crippen LogP contribution in [0.1, 0.15) is 43.1 Å². The van der Waals surface area contributed by atoms with Crippen molar-refractivity contribution < 1.29 is 14.7 Å². The van der Waals surface area contributed by atoms with Crippen LogP contribution in [0.15, 0.2) is 24.3 Å². The van der Waals surface area contributed by atoms with E-state index in [2.05, 4.69) is 5.32 Å². The Morgan fingerprint density at radius 2 is 1.81 bits per heavy atom. The van der Waals surface area contributed by atoms with Gasteiger partial charge in [0.05, 0.1) is 5.92 Å². The second-order valence-corrected chi connectivity index (χ2v) is 6.41. The van der Waals surface area contributed by atoms with Crippen molar-refractivity contribution in [2.24, 2.45) is 17.1 Å². The number of nitrogens with one attached hydrogen (secondary N) is 1. The Morgan fingerprint density at radius 3 is 2.24 bits per heavy atom. The van der Waals surface area contributed by atoms with Gasteiger partial charge >= 0.3 is 5.97 Å². The molecular weight excluding hydrogens is 268 g/mol. The van der Waals surface area contributed by atoms with E-state index >= 15 is 0 Å². The topological polar surface area (TPSA) is 92.4 Å². The highest BCUT2D eigenvalue weighted by Crippen LogP contribution is 2.24. The molecular formula is C16H24N2O3. The minimum Gasteiger partial charge on any atom is -0.481 e. The molecule has 1 atom stereocenters. The molecule has 0 heterocycles. The maximum absolute atomic E-state index is 12.0. The summed E-state index contributed by atoms with van der Waals surface area (Å²) in [6.07, 6.45) is 0.509. The molecule has 0 fully saturated rings. The number of rotatable bonds is 6. The van der Waals surface area contributed by atoms with E-state index in [0.29, 0.717) is 18.5 Å². The molecule has 0 aliphatic carbocycles. The standard InChI is InChI=1S/C16H24N2O3/c1-16(2,3)8-13(15(20)21)10-18-14(19)12-6-4-11(9-17)5-7-12/h4-7,13H,8-10,17H2,1-3H3,(H,18,19)(H,20,21). The fraction of sp³-hybridized carbons (Fsp3) is 0.500. The second-order valence-electron chi connectivity index (χ2n) is 6.41. The normalized spacial score (nSPS) is 12.8. The summed E-state index contributed by atoms with van der Waals surface area (Å²) in [5.41, 5.74) is 6.85. The van der Waals surface area contributed by atoms with Crippen LogP contribution in [0.25, 0.3) is 0 Å². The van der Waals surface area contributed by atoms with Crippen LogP contribution < -0.4 is 11.1 Å². The maximum atomic E-state index is 12.0. The van der Waals surface area contributed by atoms with Gasteiger partial charge in [0, 0.05) is 18.7 Å². The van der Waals surface area contributed by atoms with Crippen LogP contribution in [0.3, 0.4) is 0 Å². The zero-order valence-electron chi connectivity index (χ0n) is 12.8. The van der Waals surface area contributed by atoms with Gasteiger partial charge in [0.1, 0.15) is 0 Å². The average molecular weight is 292 g/mol. The fourth-order valence-electron chi connectivity index (χ4n) is 2.10. The summed E-state index contributed by atoms with van der Waals surface area (Å²) in [6.45, 7) is 6.50. The average Bonchev–Trinajstić information content (AvgIpc) is 2.41. The molecule has 0 saturated heterocycles. The molecule has 5 heteroatoms. The van der Waals surface area contributed by atoms with Gasteiger partial charge in [-0.15, -0.1) is 0 Å². The van der Waals surface area contributed by atoms with Crippen molar-refractivity contribution >= 4 is 11.9 Å². The summed E-state index contributed by atoms with van der Waals surface area (Å²) in [5.74, 6) is -1.74. The molecule has 4 N–H and O–H groups in total. The zero-order chi connectivity index (χ0) is 16.0. The molecule has 1 amide bonds. The van der Waals surface area contributed by atoms with Gasteiger partial charge in [-0.2, -0.15) is 0 Å². The predicted molar refractivity (Wildman–Crippen MR) is 81.9 cm³/mol. The van der Waals surface area contributed by atoms with E-state index in [-0.39, 0.29) is 17.9 Å². The van der Waals surface area contributed by atoms with Crippen molar-refractivity contribution in [1.82, 2.24) is 5.32 Å². The van der Waals surface area contributed by atoms with Crippen LogP contribution in [0.5, 0.6) is 0 Å². The maximum Gasteiger partial charge on any atom is 0.308 e. The van der Waals surface area contributed by atoms with E-state index in [1.54, 1.807) is 24.3 Å². The number of carboxylic acids is 1. The van der Waals surface area contributed by atoms with Crippen molar-refractivity contribution in [2.75, 3.05) is 6.54 Å². The minimum atomic E-state index is -0.885. The first-order valence-electron chi connectivity index (χ1n) is 7.03. The molecule has 1 aromatic carbocycles. The van der Waals surface area contributed by atoms with Crippen LogP contribution in [0, 0.1) is 11.3 Å². The number of carbonyl (C=O) groups is 2. The van der Waals surface area contributed by atoms with Crippen LogP contribution in [0.4, 0.5) is 0 Å². The van der Waals surface area contributed by atoms with Gasteiger partial charge in [0.2, 0.25) is 0 Å². The molecule has 21 heavy (non-hydrogen) atoms. The van der Waals surface area contributed by atoms with E-state index in [1.165, 1.54) is 0 Å². The lowest BCUT2D eigenvalue weighted by Gasteiger charge is -2.23. The third kappa shape index (κ3) is 5.95. The van der Waals surface area contributed by atoms with E-state index in [0.717, 1.165) is 5.56 Å². The van der Waals surface area contributed by atoms with E-state index < -0.39 is 11.9 Å². The number of hydrogen-bond donors (Lipinski definition) is 3. The van der Waals surface area contributed by atoms with Crippen molar-refractivity contribution in [3.8, 4) is 0 Å². The quantitative estimate of drug-likeness (QED) is 0.748. The summed E-state index contributed by atoms with van der Waals surface area (Å²) >= 11 is 0. The Morgan fingerprint density at radius 1 is 1.24 bits per heavy atom. The molecule has 0 aliphatic rings.